The van der Waals surface area contributed by atoms with Crippen LogP contribution in [0.3, 0.4) is 0 Å². The maximum Gasteiger partial charge on any atom is 0.218 e. The highest BCUT2D eigenvalue weighted by Gasteiger charge is 2.19. The highest BCUT2D eigenvalue weighted by molar-refractivity contribution is 7.08. The van der Waals surface area contributed by atoms with E-state index in [1.807, 2.05) is 26.8 Å². The van der Waals surface area contributed by atoms with Gasteiger partial charge in [-0.1, -0.05) is 39.3 Å². The Kier molecular flexibility index (Phi) is 6.63. The molecule has 1 heterocycles. The van der Waals surface area contributed by atoms with E-state index < -0.39 is 0 Å². The van der Waals surface area contributed by atoms with E-state index in [4.69, 9.17) is 16.3 Å². The molecular formula is C19H23ClN4OS. The molecule has 0 atom stereocenters. The van der Waals surface area contributed by atoms with Gasteiger partial charge in [0, 0.05) is 30.6 Å². The van der Waals surface area contributed by atoms with Crippen LogP contribution in [0.4, 0.5) is 5.69 Å². The summed E-state index contributed by atoms with van der Waals surface area (Å²) in [6.07, 6.45) is 0. The summed E-state index contributed by atoms with van der Waals surface area (Å²) in [5.74, 6) is 1.89. The van der Waals surface area contributed by atoms with Crippen LogP contribution in [-0.2, 0) is 0 Å². The fourth-order valence-corrected chi connectivity index (χ4v) is 3.47. The van der Waals surface area contributed by atoms with Gasteiger partial charge in [-0.25, -0.2) is 0 Å². The molecule has 5 nitrogen and oxygen atoms in total. The molecular weight excluding hydrogens is 368 g/mol. The molecule has 0 spiro atoms. The third kappa shape index (κ3) is 4.35. The fraction of sp³-hybridized carbons (Fsp3) is 0.421. The first kappa shape index (κ1) is 20.2. The minimum atomic E-state index is 0.164. The molecule has 2 aromatic rings. The highest BCUT2D eigenvalue weighted by Crippen LogP contribution is 2.38. The van der Waals surface area contributed by atoms with Crippen LogP contribution in [-0.4, -0.2) is 17.3 Å². The second kappa shape index (κ2) is 8.52. The zero-order valence-corrected chi connectivity index (χ0v) is 17.4. The predicted octanol–water partition coefficient (Wildman–Crippen LogP) is 5.99. The van der Waals surface area contributed by atoms with Gasteiger partial charge >= 0.3 is 0 Å². The largest absolute Gasteiger partial charge is 0.443 e. The first-order valence-corrected chi connectivity index (χ1v) is 9.54. The summed E-state index contributed by atoms with van der Waals surface area (Å²) in [7, 11) is 1.75. The van der Waals surface area contributed by atoms with Crippen LogP contribution < -0.4 is 10.1 Å². The quantitative estimate of drug-likeness (QED) is 0.502. The summed E-state index contributed by atoms with van der Waals surface area (Å²) >= 11 is 7.62. The number of aryl methyl sites for hydroxylation is 1. The number of benzene rings is 1. The lowest BCUT2D eigenvalue weighted by Crippen LogP contribution is -2.18. The van der Waals surface area contributed by atoms with Crippen molar-refractivity contribution in [3.63, 3.8) is 0 Å². The fourth-order valence-electron chi connectivity index (χ4n) is 2.42. The Hall–Kier alpha value is -2.10. The average molecular weight is 391 g/mol. The topological polar surface area (TPSA) is 70.3 Å². The number of ether oxygens (including phenoxy) is 1. The summed E-state index contributed by atoms with van der Waals surface area (Å²) in [6.45, 7) is 10.1. The average Bonchev–Trinajstić information content (AvgIpc) is 2.99. The number of aliphatic imine (C=N–C) groups is 1. The van der Waals surface area contributed by atoms with Crippen LogP contribution >= 0.6 is 23.1 Å². The molecule has 0 saturated heterocycles. The first-order chi connectivity index (χ1) is 12.3. The van der Waals surface area contributed by atoms with Gasteiger partial charge in [0.1, 0.15) is 23.2 Å². The molecule has 0 saturated carbocycles. The molecule has 1 aromatic heterocycles. The molecule has 7 heteroatoms. The van der Waals surface area contributed by atoms with Gasteiger partial charge < -0.3 is 10.1 Å². The van der Waals surface area contributed by atoms with Crippen molar-refractivity contribution in [3.05, 3.63) is 34.0 Å². The molecule has 1 aromatic carbocycles. The Labute approximate surface area is 163 Å². The van der Waals surface area contributed by atoms with E-state index in [-0.39, 0.29) is 11.8 Å². The number of nitrogens with one attached hydrogen (secondary N) is 1. The van der Waals surface area contributed by atoms with Gasteiger partial charge in [0.2, 0.25) is 5.06 Å². The molecule has 0 radical (unpaired) electrons. The Balaban J connectivity index is 2.33. The maximum atomic E-state index is 9.45. The Morgan fingerprint density at radius 2 is 2.04 bits per heavy atom. The van der Waals surface area contributed by atoms with Crippen molar-refractivity contribution < 1.29 is 4.74 Å². The summed E-state index contributed by atoms with van der Waals surface area (Å²) in [4.78, 5) is 4.26. The molecule has 0 bridgehead atoms. The van der Waals surface area contributed by atoms with Crippen molar-refractivity contribution in [2.45, 2.75) is 40.5 Å². The lowest BCUT2D eigenvalue weighted by atomic mass is 10.1. The SMILES string of the molecule is CN=C(Nc1cc(C)c(Oc2snc(C(C)C)c2C#N)cc1Cl)C(C)C. The van der Waals surface area contributed by atoms with Crippen LogP contribution in [0.1, 0.15) is 50.4 Å². The number of nitrogens with zero attached hydrogens (tertiary/aromatic N) is 3. The number of amidine groups is 1. The lowest BCUT2D eigenvalue weighted by Gasteiger charge is -2.16. The molecule has 0 amide bonds. The summed E-state index contributed by atoms with van der Waals surface area (Å²) in [5.41, 5.74) is 2.93. The van der Waals surface area contributed by atoms with E-state index in [2.05, 4.69) is 34.6 Å². The van der Waals surface area contributed by atoms with Gasteiger partial charge in [-0.05, 0) is 24.5 Å². The molecule has 0 aliphatic rings. The van der Waals surface area contributed by atoms with Gasteiger partial charge in [0.05, 0.1) is 16.4 Å². The molecule has 26 heavy (non-hydrogen) atoms. The summed E-state index contributed by atoms with van der Waals surface area (Å²) in [5, 5.41) is 13.7. The minimum absolute atomic E-state index is 0.164. The second-order valence-electron chi connectivity index (χ2n) is 6.58. The Morgan fingerprint density at radius 1 is 1.35 bits per heavy atom. The Bertz CT molecular complexity index is 865. The monoisotopic (exact) mass is 390 g/mol. The van der Waals surface area contributed by atoms with E-state index in [1.165, 1.54) is 11.5 Å². The van der Waals surface area contributed by atoms with Crippen LogP contribution in [0, 0.1) is 24.2 Å². The molecule has 0 fully saturated rings. The third-order valence-corrected chi connectivity index (χ3v) is 4.92. The van der Waals surface area contributed by atoms with E-state index in [1.54, 1.807) is 13.1 Å². The van der Waals surface area contributed by atoms with Crippen molar-refractivity contribution >= 4 is 34.7 Å². The second-order valence-corrected chi connectivity index (χ2v) is 7.73. The van der Waals surface area contributed by atoms with Crippen LogP contribution in [0.15, 0.2) is 17.1 Å². The van der Waals surface area contributed by atoms with Gasteiger partial charge in [-0.3, -0.25) is 4.99 Å². The number of halogens is 1. The van der Waals surface area contributed by atoms with Crippen LogP contribution in [0.5, 0.6) is 10.8 Å². The van der Waals surface area contributed by atoms with E-state index >= 15 is 0 Å². The molecule has 2 rings (SSSR count). The van der Waals surface area contributed by atoms with Crippen LogP contribution in [0.25, 0.3) is 0 Å². The smallest absolute Gasteiger partial charge is 0.218 e. The molecule has 0 aliphatic heterocycles. The molecule has 1 N–H and O–H groups in total. The minimum Gasteiger partial charge on any atom is -0.443 e. The standard InChI is InChI=1S/C19H23ClN4OS/c1-10(2)17-13(9-21)19(26-24-17)25-16-8-14(20)15(7-12(16)5)23-18(22-6)11(3)4/h7-8,10-11H,1-6H3,(H,22,23). The summed E-state index contributed by atoms with van der Waals surface area (Å²) < 4.78 is 10.3. The van der Waals surface area contributed by atoms with E-state index in [0.717, 1.165) is 22.8 Å². The first-order valence-electron chi connectivity index (χ1n) is 8.39. The highest BCUT2D eigenvalue weighted by atomic mass is 35.5. The predicted molar refractivity (Wildman–Crippen MR) is 109 cm³/mol. The van der Waals surface area contributed by atoms with Crippen molar-refractivity contribution in [1.29, 1.82) is 5.26 Å². The molecule has 0 unspecified atom stereocenters. The van der Waals surface area contributed by atoms with Gasteiger partial charge in [0.15, 0.2) is 0 Å². The maximum absolute atomic E-state index is 9.45. The normalized spacial score (nSPS) is 11.8. The van der Waals surface area contributed by atoms with Gasteiger partial charge in [0.25, 0.3) is 0 Å². The number of hydrogen-bond acceptors (Lipinski definition) is 5. The number of rotatable bonds is 5. The lowest BCUT2D eigenvalue weighted by molar-refractivity contribution is 0.490. The van der Waals surface area contributed by atoms with Crippen LogP contribution in [0.2, 0.25) is 5.02 Å². The van der Waals surface area contributed by atoms with Gasteiger partial charge in [-0.2, -0.15) is 9.64 Å². The van der Waals surface area contributed by atoms with Gasteiger partial charge in [-0.15, -0.1) is 0 Å². The third-order valence-electron chi connectivity index (χ3n) is 3.86. The Morgan fingerprint density at radius 3 is 2.58 bits per heavy atom. The number of hydrogen-bond donors (Lipinski definition) is 1. The molecule has 138 valence electrons. The van der Waals surface area contributed by atoms with E-state index in [0.29, 0.717) is 21.4 Å². The number of aromatic nitrogens is 1. The van der Waals surface area contributed by atoms with Crippen molar-refractivity contribution in [3.8, 4) is 16.9 Å². The number of nitriles is 1. The zero-order valence-electron chi connectivity index (χ0n) is 15.8. The van der Waals surface area contributed by atoms with E-state index in [9.17, 15) is 5.26 Å². The zero-order chi connectivity index (χ0) is 19.4. The molecule has 0 aliphatic carbocycles. The summed E-state index contributed by atoms with van der Waals surface area (Å²) in [6, 6.07) is 5.87. The van der Waals surface area contributed by atoms with Crippen molar-refractivity contribution in [1.82, 2.24) is 4.37 Å². The number of anilines is 1. The van der Waals surface area contributed by atoms with Crippen molar-refractivity contribution in [2.75, 3.05) is 12.4 Å². The van der Waals surface area contributed by atoms with Crippen molar-refractivity contribution in [2.24, 2.45) is 10.9 Å².